The molecule has 0 aromatic heterocycles. The molecule has 1 spiro atoms. The fourth-order valence-corrected chi connectivity index (χ4v) is 5.15. The molecule has 2 saturated carbocycles. The van der Waals surface area contributed by atoms with Gasteiger partial charge < -0.3 is 15.4 Å². The maximum absolute atomic E-state index is 6.93. The van der Waals surface area contributed by atoms with E-state index in [0.717, 1.165) is 6.61 Å². The van der Waals surface area contributed by atoms with Gasteiger partial charge in [0.05, 0.1) is 5.60 Å². The summed E-state index contributed by atoms with van der Waals surface area (Å²) in [5.41, 5.74) is 7.38. The molecule has 3 fully saturated rings. The van der Waals surface area contributed by atoms with Crippen molar-refractivity contribution in [2.45, 2.75) is 87.8 Å². The summed E-state index contributed by atoms with van der Waals surface area (Å²) in [6.07, 6.45) is 14.3. The van der Waals surface area contributed by atoms with Crippen LogP contribution in [0.4, 0.5) is 0 Å². The van der Waals surface area contributed by atoms with Crippen LogP contribution in [-0.2, 0) is 4.74 Å². The van der Waals surface area contributed by atoms with Crippen LogP contribution in [0.2, 0.25) is 0 Å². The first-order valence-electron chi connectivity index (χ1n) is 9.15. The van der Waals surface area contributed by atoms with Crippen LogP contribution in [0.15, 0.2) is 0 Å². The quantitative estimate of drug-likeness (QED) is 0.812. The summed E-state index contributed by atoms with van der Waals surface area (Å²) in [7, 11) is 4.51. The van der Waals surface area contributed by atoms with Gasteiger partial charge in [0.2, 0.25) is 0 Å². The molecular formula is C18H34N2O. The van der Waals surface area contributed by atoms with Crippen LogP contribution < -0.4 is 5.73 Å². The van der Waals surface area contributed by atoms with Gasteiger partial charge in [-0.2, -0.15) is 0 Å². The molecule has 2 atom stereocenters. The summed E-state index contributed by atoms with van der Waals surface area (Å²) >= 11 is 0. The number of hydrogen-bond acceptors (Lipinski definition) is 3. The third-order valence-corrected chi connectivity index (χ3v) is 6.78. The molecule has 2 N–H and O–H groups in total. The molecule has 122 valence electrons. The lowest BCUT2D eigenvalue weighted by Crippen LogP contribution is -2.62. The van der Waals surface area contributed by atoms with Crippen molar-refractivity contribution in [2.75, 3.05) is 20.7 Å². The van der Waals surface area contributed by atoms with Gasteiger partial charge in [-0.05, 0) is 65.0 Å². The van der Waals surface area contributed by atoms with Crippen molar-refractivity contribution in [1.82, 2.24) is 4.90 Å². The van der Waals surface area contributed by atoms with Crippen molar-refractivity contribution in [3.8, 4) is 0 Å². The number of hydrogen-bond donors (Lipinski definition) is 1. The Morgan fingerprint density at radius 3 is 2.19 bits per heavy atom. The van der Waals surface area contributed by atoms with Crippen LogP contribution in [0.1, 0.15) is 70.6 Å². The zero-order chi connectivity index (χ0) is 14.9. The van der Waals surface area contributed by atoms with Gasteiger partial charge in [0.1, 0.15) is 0 Å². The van der Waals surface area contributed by atoms with Crippen LogP contribution >= 0.6 is 0 Å². The monoisotopic (exact) mass is 294 g/mol. The average molecular weight is 294 g/mol. The van der Waals surface area contributed by atoms with E-state index in [-0.39, 0.29) is 11.1 Å². The summed E-state index contributed by atoms with van der Waals surface area (Å²) in [5.74, 6) is 0.652. The highest BCUT2D eigenvalue weighted by Gasteiger charge is 2.49. The molecule has 0 aromatic carbocycles. The Labute approximate surface area is 130 Å². The zero-order valence-corrected chi connectivity index (χ0v) is 14.1. The van der Waals surface area contributed by atoms with E-state index >= 15 is 0 Å². The van der Waals surface area contributed by atoms with Crippen LogP contribution in [0, 0.1) is 5.92 Å². The highest BCUT2D eigenvalue weighted by Crippen LogP contribution is 2.47. The zero-order valence-electron chi connectivity index (χ0n) is 14.1. The van der Waals surface area contributed by atoms with E-state index in [1.54, 1.807) is 0 Å². The van der Waals surface area contributed by atoms with Crippen LogP contribution in [0.3, 0.4) is 0 Å². The largest absolute Gasteiger partial charge is 0.375 e. The van der Waals surface area contributed by atoms with Crippen molar-refractivity contribution in [3.05, 3.63) is 0 Å². The van der Waals surface area contributed by atoms with Gasteiger partial charge in [0, 0.05) is 18.2 Å². The molecule has 1 aliphatic heterocycles. The minimum Gasteiger partial charge on any atom is -0.375 e. The van der Waals surface area contributed by atoms with Crippen LogP contribution in [0.25, 0.3) is 0 Å². The van der Waals surface area contributed by atoms with E-state index in [1.165, 1.54) is 70.6 Å². The van der Waals surface area contributed by atoms with Gasteiger partial charge in [-0.15, -0.1) is 0 Å². The third kappa shape index (κ3) is 2.89. The number of ether oxygens (including phenoxy) is 1. The smallest absolute Gasteiger partial charge is 0.0685 e. The lowest BCUT2D eigenvalue weighted by molar-refractivity contribution is -0.151. The summed E-state index contributed by atoms with van der Waals surface area (Å²) in [6, 6.07) is 0.312. The molecule has 1 heterocycles. The van der Waals surface area contributed by atoms with Gasteiger partial charge in [0.15, 0.2) is 0 Å². The Hall–Kier alpha value is -0.120. The fourth-order valence-electron chi connectivity index (χ4n) is 5.15. The number of nitrogens with zero attached hydrogens (tertiary/aromatic N) is 1. The van der Waals surface area contributed by atoms with E-state index in [2.05, 4.69) is 19.0 Å². The summed E-state index contributed by atoms with van der Waals surface area (Å²) in [4.78, 5) is 2.46. The minimum atomic E-state index is 0.221. The van der Waals surface area contributed by atoms with Crippen molar-refractivity contribution in [3.63, 3.8) is 0 Å². The molecule has 3 heteroatoms. The number of rotatable bonds is 3. The molecule has 1 saturated heterocycles. The van der Waals surface area contributed by atoms with Crippen molar-refractivity contribution in [1.29, 1.82) is 0 Å². The SMILES string of the molecule is CN(C)C1(C(N)C2CCOC3(CCC3)C2)CCCCCC1. The highest BCUT2D eigenvalue weighted by atomic mass is 16.5. The van der Waals surface area contributed by atoms with E-state index in [1.807, 2.05) is 0 Å². The molecule has 3 aliphatic rings. The van der Waals surface area contributed by atoms with E-state index < -0.39 is 0 Å². The molecule has 0 bridgehead atoms. The maximum Gasteiger partial charge on any atom is 0.0685 e. The molecule has 2 unspecified atom stereocenters. The maximum atomic E-state index is 6.93. The first kappa shape index (κ1) is 15.8. The highest BCUT2D eigenvalue weighted by molar-refractivity contribution is 5.05. The Morgan fingerprint density at radius 2 is 1.67 bits per heavy atom. The topological polar surface area (TPSA) is 38.5 Å². The number of nitrogens with two attached hydrogens (primary N) is 1. The Morgan fingerprint density at radius 1 is 1.00 bits per heavy atom. The van der Waals surface area contributed by atoms with Crippen LogP contribution in [0.5, 0.6) is 0 Å². The summed E-state index contributed by atoms with van der Waals surface area (Å²) in [5, 5.41) is 0. The number of likely N-dealkylation sites (N-methyl/N-ethyl adjacent to an activating group) is 1. The minimum absolute atomic E-state index is 0.221. The Balaban J connectivity index is 1.75. The first-order chi connectivity index (χ1) is 10.1. The van der Waals surface area contributed by atoms with E-state index in [4.69, 9.17) is 10.5 Å². The normalized spacial score (nSPS) is 33.4. The lowest BCUT2D eigenvalue weighted by Gasteiger charge is -2.53. The summed E-state index contributed by atoms with van der Waals surface area (Å²) in [6.45, 7) is 0.932. The molecule has 21 heavy (non-hydrogen) atoms. The molecule has 0 amide bonds. The molecule has 3 nitrogen and oxygen atoms in total. The first-order valence-corrected chi connectivity index (χ1v) is 9.15. The second-order valence-corrected chi connectivity index (χ2v) is 8.08. The molecule has 0 aromatic rings. The van der Waals surface area contributed by atoms with Gasteiger partial charge in [0.25, 0.3) is 0 Å². The van der Waals surface area contributed by atoms with Gasteiger partial charge in [-0.1, -0.05) is 25.7 Å². The van der Waals surface area contributed by atoms with Crippen molar-refractivity contribution >= 4 is 0 Å². The second kappa shape index (κ2) is 6.17. The second-order valence-electron chi connectivity index (χ2n) is 8.08. The standard InChI is InChI=1S/C18H34N2O/c1-20(2)18(11-5-3-4-6-12-18)16(19)15-8-13-21-17(14-15)9-7-10-17/h15-16H,3-14,19H2,1-2H3. The predicted molar refractivity (Wildman–Crippen MR) is 87.4 cm³/mol. The molecular weight excluding hydrogens is 260 g/mol. The van der Waals surface area contributed by atoms with Gasteiger partial charge >= 0.3 is 0 Å². The molecule has 3 rings (SSSR count). The lowest BCUT2D eigenvalue weighted by atomic mass is 9.66. The molecule has 0 radical (unpaired) electrons. The summed E-state index contributed by atoms with van der Waals surface area (Å²) < 4.78 is 6.12. The third-order valence-electron chi connectivity index (χ3n) is 6.78. The van der Waals surface area contributed by atoms with Gasteiger partial charge in [-0.25, -0.2) is 0 Å². The molecule has 2 aliphatic carbocycles. The van der Waals surface area contributed by atoms with Gasteiger partial charge in [-0.3, -0.25) is 0 Å². The van der Waals surface area contributed by atoms with E-state index in [0.29, 0.717) is 12.0 Å². The van der Waals surface area contributed by atoms with E-state index in [9.17, 15) is 0 Å². The van der Waals surface area contributed by atoms with Crippen LogP contribution in [-0.4, -0.2) is 42.8 Å². The fraction of sp³-hybridized carbons (Fsp3) is 1.00. The Kier molecular flexibility index (Phi) is 4.63. The average Bonchev–Trinajstić information content (AvgIpc) is 2.71. The van der Waals surface area contributed by atoms with Crippen molar-refractivity contribution in [2.24, 2.45) is 11.7 Å². The predicted octanol–water partition coefficient (Wildman–Crippen LogP) is 3.32. The van der Waals surface area contributed by atoms with Crippen molar-refractivity contribution < 1.29 is 4.74 Å². The Bertz CT molecular complexity index is 343.